The lowest BCUT2D eigenvalue weighted by Gasteiger charge is -2.30. The highest BCUT2D eigenvalue weighted by molar-refractivity contribution is 4.74. The molecule has 0 aromatic heterocycles. The van der Waals surface area contributed by atoms with Crippen LogP contribution in [0.15, 0.2) is 0 Å². The van der Waals surface area contributed by atoms with Crippen molar-refractivity contribution >= 4 is 0 Å². The van der Waals surface area contributed by atoms with Crippen molar-refractivity contribution in [3.05, 3.63) is 0 Å². The van der Waals surface area contributed by atoms with Gasteiger partial charge in [-0.25, -0.2) is 0 Å². The van der Waals surface area contributed by atoms with E-state index in [0.29, 0.717) is 5.92 Å². The SMILES string of the molecule is CO[C@H](O)C1CCC(CCCC(C)CCCCC(C)C)CC1. The van der Waals surface area contributed by atoms with Crippen LogP contribution >= 0.6 is 0 Å². The Labute approximate surface area is 139 Å². The summed E-state index contributed by atoms with van der Waals surface area (Å²) in [4.78, 5) is 0. The van der Waals surface area contributed by atoms with Gasteiger partial charge < -0.3 is 9.84 Å². The Balaban J connectivity index is 2.01. The number of ether oxygens (including phenoxy) is 1. The van der Waals surface area contributed by atoms with Gasteiger partial charge in [-0.15, -0.1) is 0 Å². The molecule has 0 aliphatic heterocycles. The summed E-state index contributed by atoms with van der Waals surface area (Å²) in [5.41, 5.74) is 0. The second-order valence-corrected chi connectivity index (χ2v) is 8.12. The number of rotatable bonds is 11. The Morgan fingerprint density at radius 3 is 2.09 bits per heavy atom. The standard InChI is InChI=1S/C20H40O2/c1-16(2)8-5-6-9-17(3)10-7-11-18-12-14-19(15-13-18)20(21)22-4/h16-21H,5-15H2,1-4H3/t17?,18?,19?,20-/m0/s1. The third-order valence-electron chi connectivity index (χ3n) is 5.57. The lowest BCUT2D eigenvalue weighted by molar-refractivity contribution is -0.122. The van der Waals surface area contributed by atoms with Crippen LogP contribution in [0.4, 0.5) is 0 Å². The molecule has 0 aromatic carbocycles. The van der Waals surface area contributed by atoms with Crippen molar-refractivity contribution in [2.75, 3.05) is 7.11 Å². The first-order valence-corrected chi connectivity index (χ1v) is 9.73. The van der Waals surface area contributed by atoms with Crippen LogP contribution in [0.3, 0.4) is 0 Å². The van der Waals surface area contributed by atoms with Gasteiger partial charge in [-0.1, -0.05) is 65.7 Å². The van der Waals surface area contributed by atoms with Gasteiger partial charge in [-0.05, 0) is 43.4 Å². The molecule has 0 spiro atoms. The number of aliphatic hydroxyl groups excluding tert-OH is 1. The Morgan fingerprint density at radius 2 is 1.50 bits per heavy atom. The molecule has 1 rings (SSSR count). The first-order chi connectivity index (χ1) is 10.5. The van der Waals surface area contributed by atoms with Gasteiger partial charge in [0.25, 0.3) is 0 Å². The van der Waals surface area contributed by atoms with Gasteiger partial charge in [0, 0.05) is 13.0 Å². The highest BCUT2D eigenvalue weighted by Gasteiger charge is 2.26. The normalized spacial score (nSPS) is 25.4. The van der Waals surface area contributed by atoms with Crippen molar-refractivity contribution < 1.29 is 9.84 Å². The van der Waals surface area contributed by atoms with E-state index in [4.69, 9.17) is 4.74 Å². The third-order valence-corrected chi connectivity index (χ3v) is 5.57. The van der Waals surface area contributed by atoms with Crippen LogP contribution in [0.1, 0.15) is 91.4 Å². The minimum Gasteiger partial charge on any atom is -0.368 e. The predicted octanol–water partition coefficient (Wildman–Crippen LogP) is 5.78. The molecule has 1 aliphatic rings. The van der Waals surface area contributed by atoms with Crippen LogP contribution < -0.4 is 0 Å². The maximum absolute atomic E-state index is 9.73. The van der Waals surface area contributed by atoms with Gasteiger partial charge in [0.05, 0.1) is 0 Å². The second kappa shape index (κ2) is 11.5. The molecule has 0 bridgehead atoms. The molecule has 1 aliphatic carbocycles. The molecular formula is C20H40O2. The molecule has 0 saturated heterocycles. The molecule has 132 valence electrons. The molecule has 0 amide bonds. The van der Waals surface area contributed by atoms with Crippen molar-refractivity contribution in [3.8, 4) is 0 Å². The molecule has 22 heavy (non-hydrogen) atoms. The summed E-state index contributed by atoms with van der Waals surface area (Å²) in [5, 5.41) is 9.73. The molecule has 1 N–H and O–H groups in total. The lowest BCUT2D eigenvalue weighted by atomic mass is 9.79. The van der Waals surface area contributed by atoms with Gasteiger partial charge in [0.2, 0.25) is 0 Å². The van der Waals surface area contributed by atoms with Crippen molar-refractivity contribution in [2.24, 2.45) is 23.7 Å². The number of unbranched alkanes of at least 4 members (excludes halogenated alkanes) is 1. The highest BCUT2D eigenvalue weighted by atomic mass is 16.6. The zero-order valence-corrected chi connectivity index (χ0v) is 15.5. The minimum atomic E-state index is -0.535. The molecule has 1 unspecified atom stereocenters. The summed E-state index contributed by atoms with van der Waals surface area (Å²) in [6.07, 6.45) is 14.2. The van der Waals surface area contributed by atoms with Crippen LogP contribution in [0.2, 0.25) is 0 Å². The summed E-state index contributed by atoms with van der Waals surface area (Å²) in [5.74, 6) is 3.04. The zero-order valence-electron chi connectivity index (χ0n) is 15.5. The summed E-state index contributed by atoms with van der Waals surface area (Å²) >= 11 is 0. The Bertz CT molecular complexity index is 256. The molecule has 2 atom stereocenters. The van der Waals surface area contributed by atoms with Crippen molar-refractivity contribution in [3.63, 3.8) is 0 Å². The van der Waals surface area contributed by atoms with E-state index in [9.17, 15) is 5.11 Å². The lowest BCUT2D eigenvalue weighted by Crippen LogP contribution is -2.27. The predicted molar refractivity (Wildman–Crippen MR) is 94.8 cm³/mol. The average Bonchev–Trinajstić information content (AvgIpc) is 2.51. The zero-order chi connectivity index (χ0) is 16.4. The Kier molecular flexibility index (Phi) is 10.4. The fraction of sp³-hybridized carbons (Fsp3) is 1.00. The van der Waals surface area contributed by atoms with Crippen LogP contribution in [-0.2, 0) is 4.74 Å². The minimum absolute atomic E-state index is 0.376. The van der Waals surface area contributed by atoms with Gasteiger partial charge in [0.15, 0.2) is 6.29 Å². The first kappa shape index (κ1) is 20.0. The van der Waals surface area contributed by atoms with E-state index < -0.39 is 6.29 Å². The molecule has 1 saturated carbocycles. The Morgan fingerprint density at radius 1 is 0.909 bits per heavy atom. The summed E-state index contributed by atoms with van der Waals surface area (Å²) in [6, 6.07) is 0. The van der Waals surface area contributed by atoms with Crippen molar-refractivity contribution in [1.82, 2.24) is 0 Å². The number of aliphatic hydroxyl groups is 1. The smallest absolute Gasteiger partial charge is 0.156 e. The quantitative estimate of drug-likeness (QED) is 0.387. The highest BCUT2D eigenvalue weighted by Crippen LogP contribution is 2.34. The third kappa shape index (κ3) is 8.53. The molecule has 0 aromatic rings. The first-order valence-electron chi connectivity index (χ1n) is 9.73. The van der Waals surface area contributed by atoms with E-state index in [1.807, 2.05) is 0 Å². The van der Waals surface area contributed by atoms with Crippen LogP contribution in [-0.4, -0.2) is 18.5 Å². The van der Waals surface area contributed by atoms with Gasteiger partial charge in [0.1, 0.15) is 0 Å². The topological polar surface area (TPSA) is 29.5 Å². The molecule has 0 heterocycles. The molecule has 2 heteroatoms. The van der Waals surface area contributed by atoms with E-state index in [1.54, 1.807) is 7.11 Å². The van der Waals surface area contributed by atoms with Crippen LogP contribution in [0, 0.1) is 23.7 Å². The van der Waals surface area contributed by atoms with E-state index >= 15 is 0 Å². The van der Waals surface area contributed by atoms with Crippen LogP contribution in [0.5, 0.6) is 0 Å². The average molecular weight is 313 g/mol. The monoisotopic (exact) mass is 312 g/mol. The van der Waals surface area contributed by atoms with Crippen LogP contribution in [0.25, 0.3) is 0 Å². The number of hydrogen-bond acceptors (Lipinski definition) is 2. The summed E-state index contributed by atoms with van der Waals surface area (Å²) < 4.78 is 5.05. The molecular weight excluding hydrogens is 272 g/mol. The largest absolute Gasteiger partial charge is 0.368 e. The Hall–Kier alpha value is -0.0800. The van der Waals surface area contributed by atoms with E-state index in [1.165, 1.54) is 57.8 Å². The van der Waals surface area contributed by atoms with E-state index in [0.717, 1.165) is 30.6 Å². The molecule has 2 nitrogen and oxygen atoms in total. The maximum Gasteiger partial charge on any atom is 0.156 e. The molecule has 1 fully saturated rings. The summed E-state index contributed by atoms with van der Waals surface area (Å²) in [6.45, 7) is 7.08. The van der Waals surface area contributed by atoms with Gasteiger partial charge in [-0.2, -0.15) is 0 Å². The van der Waals surface area contributed by atoms with Crippen molar-refractivity contribution in [1.29, 1.82) is 0 Å². The van der Waals surface area contributed by atoms with Gasteiger partial charge in [-0.3, -0.25) is 0 Å². The fourth-order valence-electron chi connectivity index (χ4n) is 3.90. The number of hydrogen-bond donors (Lipinski definition) is 1. The van der Waals surface area contributed by atoms with Crippen molar-refractivity contribution in [2.45, 2.75) is 97.7 Å². The molecule has 0 radical (unpaired) electrons. The second-order valence-electron chi connectivity index (χ2n) is 8.12. The fourth-order valence-corrected chi connectivity index (χ4v) is 3.90. The van der Waals surface area contributed by atoms with E-state index in [2.05, 4.69) is 20.8 Å². The van der Waals surface area contributed by atoms with E-state index in [-0.39, 0.29) is 0 Å². The van der Waals surface area contributed by atoms with Gasteiger partial charge >= 0.3 is 0 Å². The number of methoxy groups -OCH3 is 1. The maximum atomic E-state index is 9.73. The summed E-state index contributed by atoms with van der Waals surface area (Å²) in [7, 11) is 1.61.